The van der Waals surface area contributed by atoms with Gasteiger partial charge in [0.2, 0.25) is 5.91 Å². The van der Waals surface area contributed by atoms with E-state index in [0.717, 1.165) is 12.8 Å². The quantitative estimate of drug-likeness (QED) is 0.791. The van der Waals surface area contributed by atoms with Gasteiger partial charge in [-0.05, 0) is 38.0 Å². The molecule has 1 fully saturated rings. The van der Waals surface area contributed by atoms with Gasteiger partial charge in [0, 0.05) is 11.1 Å². The molecule has 0 aromatic heterocycles. The van der Waals surface area contributed by atoms with Gasteiger partial charge in [-0.3, -0.25) is 4.79 Å². The number of amides is 1. The SMILES string of the molecule is C[C@H](NC1CCCCCC1)C(=O)Nc1cc(Cl)ccc1Cl. The van der Waals surface area contributed by atoms with Crippen molar-refractivity contribution < 1.29 is 4.79 Å². The lowest BCUT2D eigenvalue weighted by atomic mass is 10.1. The highest BCUT2D eigenvalue weighted by molar-refractivity contribution is 6.35. The monoisotopic (exact) mass is 328 g/mol. The molecular weight excluding hydrogens is 307 g/mol. The fourth-order valence-electron chi connectivity index (χ4n) is 2.71. The Morgan fingerprint density at radius 3 is 2.52 bits per heavy atom. The molecular formula is C16H22Cl2N2O. The molecule has 0 saturated heterocycles. The molecule has 1 atom stereocenters. The molecule has 0 unspecified atom stereocenters. The lowest BCUT2D eigenvalue weighted by molar-refractivity contribution is -0.118. The highest BCUT2D eigenvalue weighted by Gasteiger charge is 2.19. The molecule has 1 aromatic carbocycles. The lowest BCUT2D eigenvalue weighted by Crippen LogP contribution is -2.43. The summed E-state index contributed by atoms with van der Waals surface area (Å²) < 4.78 is 0. The molecule has 2 N–H and O–H groups in total. The molecule has 0 heterocycles. The van der Waals surface area contributed by atoms with Crippen LogP contribution in [0.1, 0.15) is 45.4 Å². The van der Waals surface area contributed by atoms with Crippen LogP contribution in [0.3, 0.4) is 0 Å². The Kier molecular flexibility index (Phi) is 6.34. The van der Waals surface area contributed by atoms with Crippen molar-refractivity contribution in [2.45, 2.75) is 57.5 Å². The van der Waals surface area contributed by atoms with E-state index in [-0.39, 0.29) is 11.9 Å². The first-order valence-corrected chi connectivity index (χ1v) is 8.34. The molecule has 1 saturated carbocycles. The zero-order valence-electron chi connectivity index (χ0n) is 12.3. The summed E-state index contributed by atoms with van der Waals surface area (Å²) in [6.45, 7) is 1.89. The maximum absolute atomic E-state index is 12.3. The van der Waals surface area contributed by atoms with Crippen LogP contribution in [0.15, 0.2) is 18.2 Å². The van der Waals surface area contributed by atoms with Crippen LogP contribution in [0.4, 0.5) is 5.69 Å². The minimum Gasteiger partial charge on any atom is -0.323 e. The highest BCUT2D eigenvalue weighted by atomic mass is 35.5. The second-order valence-corrected chi connectivity index (χ2v) is 6.53. The van der Waals surface area contributed by atoms with E-state index >= 15 is 0 Å². The van der Waals surface area contributed by atoms with Crippen LogP contribution >= 0.6 is 23.2 Å². The third kappa shape index (κ3) is 5.17. The van der Waals surface area contributed by atoms with E-state index in [0.29, 0.717) is 21.8 Å². The molecule has 21 heavy (non-hydrogen) atoms. The molecule has 3 nitrogen and oxygen atoms in total. The first kappa shape index (κ1) is 16.6. The predicted molar refractivity (Wildman–Crippen MR) is 89.2 cm³/mol. The number of anilines is 1. The number of halogens is 2. The third-order valence-electron chi connectivity index (χ3n) is 3.92. The van der Waals surface area contributed by atoms with Crippen molar-refractivity contribution in [3.8, 4) is 0 Å². The molecule has 0 bridgehead atoms. The van der Waals surface area contributed by atoms with Crippen LogP contribution < -0.4 is 10.6 Å². The van der Waals surface area contributed by atoms with Crippen molar-refractivity contribution in [3.63, 3.8) is 0 Å². The molecule has 1 amide bonds. The maximum atomic E-state index is 12.3. The topological polar surface area (TPSA) is 41.1 Å². The van der Waals surface area contributed by atoms with Crippen molar-refractivity contribution in [2.24, 2.45) is 0 Å². The van der Waals surface area contributed by atoms with E-state index in [4.69, 9.17) is 23.2 Å². The average Bonchev–Trinajstić information content (AvgIpc) is 2.71. The molecule has 5 heteroatoms. The Balaban J connectivity index is 1.91. The molecule has 0 aliphatic heterocycles. The third-order valence-corrected chi connectivity index (χ3v) is 4.49. The normalized spacial score (nSPS) is 18.0. The smallest absolute Gasteiger partial charge is 0.241 e. The molecule has 1 aliphatic carbocycles. The van der Waals surface area contributed by atoms with E-state index in [9.17, 15) is 4.79 Å². The van der Waals surface area contributed by atoms with Gasteiger partial charge in [-0.15, -0.1) is 0 Å². The van der Waals surface area contributed by atoms with Crippen LogP contribution in [-0.4, -0.2) is 18.0 Å². The van der Waals surface area contributed by atoms with Gasteiger partial charge < -0.3 is 10.6 Å². The summed E-state index contributed by atoms with van der Waals surface area (Å²) in [7, 11) is 0. The van der Waals surface area contributed by atoms with Gasteiger partial charge in [0.05, 0.1) is 16.8 Å². The summed E-state index contributed by atoms with van der Waals surface area (Å²) in [5.74, 6) is -0.0802. The second-order valence-electron chi connectivity index (χ2n) is 5.69. The summed E-state index contributed by atoms with van der Waals surface area (Å²) in [4.78, 5) is 12.3. The maximum Gasteiger partial charge on any atom is 0.241 e. The summed E-state index contributed by atoms with van der Waals surface area (Å²) in [5.41, 5.74) is 0.559. The molecule has 1 aromatic rings. The zero-order chi connectivity index (χ0) is 15.2. The summed E-state index contributed by atoms with van der Waals surface area (Å²) in [6.07, 6.45) is 7.39. The number of hydrogen-bond donors (Lipinski definition) is 2. The molecule has 1 aliphatic rings. The van der Waals surface area contributed by atoms with Crippen LogP contribution in [0, 0.1) is 0 Å². The van der Waals surface area contributed by atoms with E-state index in [1.807, 2.05) is 6.92 Å². The van der Waals surface area contributed by atoms with Gasteiger partial charge in [-0.25, -0.2) is 0 Å². The van der Waals surface area contributed by atoms with Gasteiger partial charge in [0.15, 0.2) is 0 Å². The molecule has 116 valence electrons. The van der Waals surface area contributed by atoms with Crippen LogP contribution in [0.25, 0.3) is 0 Å². The van der Waals surface area contributed by atoms with Crippen molar-refractivity contribution in [2.75, 3.05) is 5.32 Å². The fraction of sp³-hybridized carbons (Fsp3) is 0.562. The molecule has 0 spiro atoms. The summed E-state index contributed by atoms with van der Waals surface area (Å²) >= 11 is 12.0. The van der Waals surface area contributed by atoms with Gasteiger partial charge in [0.25, 0.3) is 0 Å². The number of carbonyl (C=O) groups is 1. The van der Waals surface area contributed by atoms with E-state index in [1.165, 1.54) is 25.7 Å². The Morgan fingerprint density at radius 1 is 1.19 bits per heavy atom. The Bertz CT molecular complexity index is 485. The number of benzene rings is 1. The average molecular weight is 329 g/mol. The second kappa shape index (κ2) is 8.02. The summed E-state index contributed by atoms with van der Waals surface area (Å²) in [5, 5.41) is 7.31. The van der Waals surface area contributed by atoms with Gasteiger partial charge >= 0.3 is 0 Å². The van der Waals surface area contributed by atoms with Crippen LogP contribution in [-0.2, 0) is 4.79 Å². The number of carbonyl (C=O) groups excluding carboxylic acids is 1. The van der Waals surface area contributed by atoms with E-state index < -0.39 is 0 Å². The van der Waals surface area contributed by atoms with Crippen molar-refractivity contribution in [1.82, 2.24) is 5.32 Å². The minimum atomic E-state index is -0.247. The number of hydrogen-bond acceptors (Lipinski definition) is 2. The number of rotatable bonds is 4. The van der Waals surface area contributed by atoms with Crippen molar-refractivity contribution >= 4 is 34.8 Å². The highest BCUT2D eigenvalue weighted by Crippen LogP contribution is 2.25. The summed E-state index contributed by atoms with van der Waals surface area (Å²) in [6, 6.07) is 5.24. The molecule has 0 radical (unpaired) electrons. The number of nitrogens with one attached hydrogen (secondary N) is 2. The first-order valence-electron chi connectivity index (χ1n) is 7.58. The Morgan fingerprint density at radius 2 is 1.86 bits per heavy atom. The molecule has 2 rings (SSSR count). The van der Waals surface area contributed by atoms with Gasteiger partial charge in [-0.1, -0.05) is 48.9 Å². The Labute approximate surface area is 136 Å². The lowest BCUT2D eigenvalue weighted by Gasteiger charge is -2.21. The Hall–Kier alpha value is -0.770. The minimum absolute atomic E-state index is 0.0802. The van der Waals surface area contributed by atoms with Crippen molar-refractivity contribution in [3.05, 3.63) is 28.2 Å². The first-order chi connectivity index (χ1) is 10.1. The largest absolute Gasteiger partial charge is 0.323 e. The van der Waals surface area contributed by atoms with Crippen LogP contribution in [0.5, 0.6) is 0 Å². The standard InChI is InChI=1S/C16H22Cl2N2O/c1-11(19-13-6-4-2-3-5-7-13)16(21)20-15-10-12(17)8-9-14(15)18/h8-11,13,19H,2-7H2,1H3,(H,20,21)/t11-/m0/s1. The van der Waals surface area contributed by atoms with Gasteiger partial charge in [-0.2, -0.15) is 0 Å². The van der Waals surface area contributed by atoms with Crippen molar-refractivity contribution in [1.29, 1.82) is 0 Å². The predicted octanol–water partition coefficient (Wildman–Crippen LogP) is 4.63. The zero-order valence-corrected chi connectivity index (χ0v) is 13.8. The van der Waals surface area contributed by atoms with E-state index in [1.54, 1.807) is 18.2 Å². The fourth-order valence-corrected chi connectivity index (χ4v) is 3.05. The van der Waals surface area contributed by atoms with Crippen LogP contribution in [0.2, 0.25) is 10.0 Å². The van der Waals surface area contributed by atoms with Gasteiger partial charge in [0.1, 0.15) is 0 Å². The van der Waals surface area contributed by atoms with E-state index in [2.05, 4.69) is 10.6 Å².